The van der Waals surface area contributed by atoms with E-state index in [1.807, 2.05) is 68.4 Å². The molecule has 0 bridgehead atoms. The minimum atomic E-state index is -3.83. The summed E-state index contributed by atoms with van der Waals surface area (Å²) in [4.78, 5) is 29.0. The van der Waals surface area contributed by atoms with Crippen molar-refractivity contribution in [3.8, 4) is 0 Å². The third kappa shape index (κ3) is 9.37. The van der Waals surface area contributed by atoms with E-state index in [2.05, 4.69) is 21.2 Å². The first-order chi connectivity index (χ1) is 18.4. The summed E-state index contributed by atoms with van der Waals surface area (Å²) in [5.74, 6) is -0.582. The van der Waals surface area contributed by atoms with Gasteiger partial charge in [0.15, 0.2) is 0 Å². The highest BCUT2D eigenvalue weighted by Gasteiger charge is 2.33. The highest BCUT2D eigenvalue weighted by molar-refractivity contribution is 9.10. The van der Waals surface area contributed by atoms with Crippen LogP contribution in [0.4, 0.5) is 5.69 Å². The molecule has 0 aliphatic rings. The summed E-state index contributed by atoms with van der Waals surface area (Å²) in [5, 5.41) is 3.41. The number of carbonyl (C=O) groups excluding carboxylic acids is 2. The van der Waals surface area contributed by atoms with Gasteiger partial charge in [0.05, 0.1) is 11.9 Å². The van der Waals surface area contributed by atoms with Gasteiger partial charge in [-0.1, -0.05) is 83.8 Å². The number of sulfonamides is 1. The monoisotopic (exact) mass is 633 g/mol. The number of anilines is 1. The highest BCUT2D eigenvalue weighted by Crippen LogP contribution is 2.22. The van der Waals surface area contributed by atoms with Gasteiger partial charge < -0.3 is 10.2 Å². The van der Waals surface area contributed by atoms with Crippen LogP contribution in [0.5, 0.6) is 0 Å². The molecule has 3 aromatic carbocycles. The number of nitrogens with zero attached hydrogens (tertiary/aromatic N) is 2. The maximum atomic E-state index is 14.0. The molecule has 0 heterocycles. The number of hydrogen-bond donors (Lipinski definition) is 1. The fourth-order valence-electron chi connectivity index (χ4n) is 3.98. The molecule has 0 fully saturated rings. The maximum Gasteiger partial charge on any atom is 0.244 e. The van der Waals surface area contributed by atoms with E-state index in [1.165, 1.54) is 4.90 Å². The minimum Gasteiger partial charge on any atom is -0.354 e. The van der Waals surface area contributed by atoms with E-state index >= 15 is 0 Å². The van der Waals surface area contributed by atoms with Crippen molar-refractivity contribution in [3.05, 3.63) is 99.5 Å². The first-order valence-electron chi connectivity index (χ1n) is 12.5. The Bertz CT molecular complexity index is 1350. The van der Waals surface area contributed by atoms with E-state index in [4.69, 9.17) is 11.6 Å². The molecule has 2 amide bonds. The Labute approximate surface area is 244 Å². The minimum absolute atomic E-state index is 0.122. The number of nitrogens with one attached hydrogen (secondary N) is 1. The summed E-state index contributed by atoms with van der Waals surface area (Å²) < 4.78 is 27.5. The third-order valence-corrected chi connectivity index (χ3v) is 7.94. The molecule has 3 rings (SSSR count). The van der Waals surface area contributed by atoms with Gasteiger partial charge in [-0.25, -0.2) is 8.42 Å². The molecule has 0 aliphatic carbocycles. The van der Waals surface area contributed by atoms with Crippen LogP contribution in [-0.2, 0) is 32.6 Å². The smallest absolute Gasteiger partial charge is 0.244 e. The molecule has 7 nitrogen and oxygen atoms in total. The normalized spacial score (nSPS) is 12.2. The first kappa shape index (κ1) is 30.7. The standard InChI is InChI=1S/C29H33BrClN3O4S/c1-21(2)18-32-29(36)27(17-22-7-5-4-6-8-22)33(19-23-9-11-24(30)12-10-23)28(35)20-34(39(3,37)38)26-15-13-25(31)14-16-26/h4-16,21,27H,17-20H2,1-3H3,(H,32,36). The Morgan fingerprint density at radius 3 is 2.10 bits per heavy atom. The van der Waals surface area contributed by atoms with E-state index < -0.39 is 28.5 Å². The van der Waals surface area contributed by atoms with Gasteiger partial charge >= 0.3 is 0 Å². The SMILES string of the molecule is CC(C)CNC(=O)C(Cc1ccccc1)N(Cc1ccc(Br)cc1)C(=O)CN(c1ccc(Cl)cc1)S(C)(=O)=O. The number of benzene rings is 3. The molecule has 208 valence electrons. The van der Waals surface area contributed by atoms with Gasteiger partial charge in [-0.15, -0.1) is 0 Å². The van der Waals surface area contributed by atoms with Crippen LogP contribution in [0.25, 0.3) is 0 Å². The molecule has 0 spiro atoms. The second-order valence-electron chi connectivity index (χ2n) is 9.74. The van der Waals surface area contributed by atoms with Crippen LogP contribution in [0.3, 0.4) is 0 Å². The summed E-state index contributed by atoms with van der Waals surface area (Å²) >= 11 is 9.43. The number of amides is 2. The Kier molecular flexibility index (Phi) is 11.0. The predicted octanol–water partition coefficient (Wildman–Crippen LogP) is 5.28. The van der Waals surface area contributed by atoms with Crippen LogP contribution >= 0.6 is 27.5 Å². The van der Waals surface area contributed by atoms with Crippen molar-refractivity contribution in [1.29, 1.82) is 0 Å². The van der Waals surface area contributed by atoms with E-state index in [-0.39, 0.29) is 24.8 Å². The summed E-state index contributed by atoms with van der Waals surface area (Å²) in [6.45, 7) is 4.09. The average molecular weight is 635 g/mol. The molecule has 10 heteroatoms. The molecular weight excluding hydrogens is 602 g/mol. The Hall–Kier alpha value is -2.88. The van der Waals surface area contributed by atoms with Gasteiger partial charge in [0, 0.05) is 29.0 Å². The topological polar surface area (TPSA) is 86.8 Å². The van der Waals surface area contributed by atoms with Crippen molar-refractivity contribution in [2.75, 3.05) is 23.7 Å². The molecule has 0 aliphatic heterocycles. The maximum absolute atomic E-state index is 14.0. The second kappa shape index (κ2) is 14.0. The lowest BCUT2D eigenvalue weighted by Gasteiger charge is -2.33. The second-order valence-corrected chi connectivity index (χ2v) is 13.0. The van der Waals surface area contributed by atoms with Gasteiger partial charge in [-0.05, 0) is 53.4 Å². The van der Waals surface area contributed by atoms with E-state index in [1.54, 1.807) is 24.3 Å². The molecule has 0 radical (unpaired) electrons. The van der Waals surface area contributed by atoms with Crippen molar-refractivity contribution in [2.45, 2.75) is 32.9 Å². The summed E-state index contributed by atoms with van der Waals surface area (Å²) in [7, 11) is -3.83. The lowest BCUT2D eigenvalue weighted by Crippen LogP contribution is -2.53. The summed E-state index contributed by atoms with van der Waals surface area (Å²) in [5.41, 5.74) is 2.00. The summed E-state index contributed by atoms with van der Waals surface area (Å²) in [6, 6.07) is 22.3. The molecule has 0 saturated heterocycles. The van der Waals surface area contributed by atoms with E-state index in [9.17, 15) is 18.0 Å². The molecule has 1 unspecified atom stereocenters. The van der Waals surface area contributed by atoms with Crippen molar-refractivity contribution >= 4 is 55.1 Å². The molecule has 0 saturated carbocycles. The number of rotatable bonds is 12. The van der Waals surface area contributed by atoms with Crippen molar-refractivity contribution in [2.24, 2.45) is 5.92 Å². The lowest BCUT2D eigenvalue weighted by atomic mass is 10.0. The molecule has 39 heavy (non-hydrogen) atoms. The molecular formula is C29H33BrClN3O4S. The van der Waals surface area contributed by atoms with Crippen LogP contribution in [0, 0.1) is 5.92 Å². The Balaban J connectivity index is 2.03. The van der Waals surface area contributed by atoms with Gasteiger partial charge in [-0.2, -0.15) is 0 Å². The largest absolute Gasteiger partial charge is 0.354 e. The van der Waals surface area contributed by atoms with Crippen molar-refractivity contribution in [1.82, 2.24) is 10.2 Å². The van der Waals surface area contributed by atoms with Crippen molar-refractivity contribution < 1.29 is 18.0 Å². The third-order valence-electron chi connectivity index (χ3n) is 6.02. The average Bonchev–Trinajstić information content (AvgIpc) is 2.89. The highest BCUT2D eigenvalue weighted by atomic mass is 79.9. The zero-order valence-corrected chi connectivity index (χ0v) is 25.3. The zero-order chi connectivity index (χ0) is 28.6. The zero-order valence-electron chi connectivity index (χ0n) is 22.2. The van der Waals surface area contributed by atoms with E-state index in [0.29, 0.717) is 17.3 Å². The Morgan fingerprint density at radius 1 is 0.923 bits per heavy atom. The van der Waals surface area contributed by atoms with Crippen LogP contribution in [0.15, 0.2) is 83.3 Å². The molecule has 0 aromatic heterocycles. The first-order valence-corrected chi connectivity index (χ1v) is 15.5. The Morgan fingerprint density at radius 2 is 1.54 bits per heavy atom. The van der Waals surface area contributed by atoms with Gasteiger partial charge in [-0.3, -0.25) is 13.9 Å². The van der Waals surface area contributed by atoms with Gasteiger partial charge in [0.25, 0.3) is 0 Å². The predicted molar refractivity (Wildman–Crippen MR) is 160 cm³/mol. The van der Waals surface area contributed by atoms with E-state index in [0.717, 1.165) is 26.2 Å². The molecule has 3 aromatic rings. The fraction of sp³-hybridized carbons (Fsp3) is 0.310. The fourth-order valence-corrected chi connectivity index (χ4v) is 5.22. The number of hydrogen-bond acceptors (Lipinski definition) is 4. The molecule has 1 N–H and O–H groups in total. The van der Waals surface area contributed by atoms with Crippen LogP contribution in [0.1, 0.15) is 25.0 Å². The van der Waals surface area contributed by atoms with Gasteiger partial charge in [0.2, 0.25) is 21.8 Å². The van der Waals surface area contributed by atoms with Gasteiger partial charge in [0.1, 0.15) is 12.6 Å². The number of carbonyl (C=O) groups is 2. The lowest BCUT2D eigenvalue weighted by molar-refractivity contribution is -0.140. The quantitative estimate of drug-likeness (QED) is 0.294. The summed E-state index contributed by atoms with van der Waals surface area (Å²) in [6.07, 6.45) is 1.32. The van der Waals surface area contributed by atoms with Crippen LogP contribution in [-0.4, -0.2) is 50.5 Å². The number of halogens is 2. The van der Waals surface area contributed by atoms with Crippen molar-refractivity contribution in [3.63, 3.8) is 0 Å². The van der Waals surface area contributed by atoms with Crippen LogP contribution < -0.4 is 9.62 Å². The molecule has 1 atom stereocenters. The van der Waals surface area contributed by atoms with Crippen LogP contribution in [0.2, 0.25) is 5.02 Å².